The van der Waals surface area contributed by atoms with Gasteiger partial charge in [0.15, 0.2) is 14.6 Å². The molecule has 1 amide bonds. The predicted molar refractivity (Wildman–Crippen MR) is 119 cm³/mol. The zero-order valence-corrected chi connectivity index (χ0v) is 18.4. The number of carbonyl (C=O) groups is 2. The summed E-state index contributed by atoms with van der Waals surface area (Å²) in [5, 5.41) is 1.69. The summed E-state index contributed by atoms with van der Waals surface area (Å²) in [6.07, 6.45) is 1.12. The van der Waals surface area contributed by atoms with Crippen LogP contribution in [0.25, 0.3) is 21.0 Å². The summed E-state index contributed by atoms with van der Waals surface area (Å²) in [5.74, 6) is -0.962. The molecule has 0 radical (unpaired) electrons. The average molecular weight is 455 g/mol. The van der Waals surface area contributed by atoms with Crippen LogP contribution >= 0.6 is 11.3 Å². The number of amides is 1. The first-order valence-corrected chi connectivity index (χ1v) is 12.0. The standard InChI is InChI=1S/C22H18N2O5S2/c1-29-20(25)13-24-18-11-10-15(31(2,27)28)12-19(18)30-22(24)23-21(26)17-9-5-7-14-6-3-4-8-16(14)17/h3-12H,13H2,1-2H3. The fourth-order valence-corrected chi connectivity index (χ4v) is 5.06. The molecule has 0 spiro atoms. The Morgan fingerprint density at radius 1 is 1.06 bits per heavy atom. The van der Waals surface area contributed by atoms with Crippen LogP contribution in [0.5, 0.6) is 0 Å². The fourth-order valence-electron chi connectivity index (χ4n) is 3.27. The Kier molecular flexibility index (Phi) is 5.47. The molecule has 0 aliphatic rings. The molecule has 0 bridgehead atoms. The molecule has 158 valence electrons. The molecule has 0 N–H and O–H groups in total. The smallest absolute Gasteiger partial charge is 0.325 e. The molecule has 31 heavy (non-hydrogen) atoms. The molecule has 0 saturated carbocycles. The highest BCUT2D eigenvalue weighted by Gasteiger charge is 2.16. The van der Waals surface area contributed by atoms with E-state index in [0.717, 1.165) is 28.4 Å². The van der Waals surface area contributed by atoms with Crippen molar-refractivity contribution in [3.05, 3.63) is 71.0 Å². The van der Waals surface area contributed by atoms with Crippen LogP contribution in [0.1, 0.15) is 10.4 Å². The van der Waals surface area contributed by atoms with Crippen LogP contribution in [0.3, 0.4) is 0 Å². The summed E-state index contributed by atoms with van der Waals surface area (Å²) in [6, 6.07) is 17.5. The lowest BCUT2D eigenvalue weighted by Gasteiger charge is -2.05. The van der Waals surface area contributed by atoms with Crippen molar-refractivity contribution >= 4 is 54.0 Å². The van der Waals surface area contributed by atoms with Gasteiger partial charge in [-0.3, -0.25) is 9.59 Å². The molecule has 4 rings (SSSR count). The topological polar surface area (TPSA) is 94.8 Å². The van der Waals surface area contributed by atoms with E-state index in [9.17, 15) is 18.0 Å². The van der Waals surface area contributed by atoms with Crippen molar-refractivity contribution < 1.29 is 22.7 Å². The van der Waals surface area contributed by atoms with E-state index in [2.05, 4.69) is 4.99 Å². The molecular weight excluding hydrogens is 436 g/mol. The largest absolute Gasteiger partial charge is 0.468 e. The molecule has 0 unspecified atom stereocenters. The van der Waals surface area contributed by atoms with Crippen LogP contribution in [-0.2, 0) is 25.9 Å². The van der Waals surface area contributed by atoms with Gasteiger partial charge in [0, 0.05) is 11.8 Å². The molecule has 1 heterocycles. The summed E-state index contributed by atoms with van der Waals surface area (Å²) in [7, 11) is -2.13. The van der Waals surface area contributed by atoms with Crippen molar-refractivity contribution in [1.82, 2.24) is 4.57 Å². The lowest BCUT2D eigenvalue weighted by molar-refractivity contribution is -0.141. The van der Waals surface area contributed by atoms with E-state index in [1.54, 1.807) is 22.8 Å². The molecule has 0 aliphatic heterocycles. The highest BCUT2D eigenvalue weighted by molar-refractivity contribution is 7.90. The van der Waals surface area contributed by atoms with Gasteiger partial charge in [-0.1, -0.05) is 47.7 Å². The maximum atomic E-state index is 13.1. The minimum absolute atomic E-state index is 0.151. The first kappa shape index (κ1) is 21.0. The van der Waals surface area contributed by atoms with Gasteiger partial charge in [0.25, 0.3) is 5.91 Å². The number of sulfone groups is 1. The lowest BCUT2D eigenvalue weighted by Crippen LogP contribution is -2.22. The SMILES string of the molecule is COC(=O)Cn1c(=NC(=O)c2cccc3ccccc23)sc2cc(S(C)(=O)=O)ccc21. The van der Waals surface area contributed by atoms with E-state index in [1.807, 2.05) is 30.3 Å². The van der Waals surface area contributed by atoms with Gasteiger partial charge in [0.1, 0.15) is 6.54 Å². The van der Waals surface area contributed by atoms with Crippen LogP contribution in [0, 0.1) is 0 Å². The Morgan fingerprint density at radius 3 is 2.55 bits per heavy atom. The Morgan fingerprint density at radius 2 is 1.81 bits per heavy atom. The molecule has 0 saturated heterocycles. The van der Waals surface area contributed by atoms with E-state index >= 15 is 0 Å². The normalized spacial score (nSPS) is 12.4. The number of benzene rings is 3. The van der Waals surface area contributed by atoms with Crippen molar-refractivity contribution in [2.24, 2.45) is 4.99 Å². The zero-order chi connectivity index (χ0) is 22.2. The molecule has 1 aromatic heterocycles. The van der Waals surface area contributed by atoms with Crippen LogP contribution in [0.2, 0.25) is 0 Å². The zero-order valence-electron chi connectivity index (χ0n) is 16.7. The van der Waals surface area contributed by atoms with Gasteiger partial charge in [-0.25, -0.2) is 8.42 Å². The second-order valence-electron chi connectivity index (χ2n) is 6.89. The van der Waals surface area contributed by atoms with Gasteiger partial charge in [-0.05, 0) is 35.0 Å². The van der Waals surface area contributed by atoms with Crippen LogP contribution in [0.4, 0.5) is 0 Å². The van der Waals surface area contributed by atoms with Gasteiger partial charge in [-0.15, -0.1) is 0 Å². The van der Waals surface area contributed by atoms with Gasteiger partial charge in [0.05, 0.1) is 22.2 Å². The summed E-state index contributed by atoms with van der Waals surface area (Å²) in [5.41, 5.74) is 1.03. The molecule has 9 heteroatoms. The third kappa shape index (κ3) is 4.14. The number of nitrogens with zero attached hydrogens (tertiary/aromatic N) is 2. The fraction of sp³-hybridized carbons (Fsp3) is 0.136. The van der Waals surface area contributed by atoms with Crippen LogP contribution < -0.4 is 4.80 Å². The van der Waals surface area contributed by atoms with Crippen molar-refractivity contribution in [3.8, 4) is 0 Å². The number of rotatable bonds is 4. The number of fused-ring (bicyclic) bond motifs is 2. The van der Waals surface area contributed by atoms with E-state index in [0.29, 0.717) is 15.8 Å². The summed E-state index contributed by atoms with van der Waals surface area (Å²) < 4.78 is 30.8. The van der Waals surface area contributed by atoms with Crippen molar-refractivity contribution in [3.63, 3.8) is 0 Å². The Labute approximate surface area is 182 Å². The second kappa shape index (κ2) is 8.09. The van der Waals surface area contributed by atoms with Gasteiger partial charge >= 0.3 is 5.97 Å². The first-order chi connectivity index (χ1) is 14.8. The number of aromatic nitrogens is 1. The van der Waals surface area contributed by atoms with Crippen LogP contribution in [-0.4, -0.2) is 38.2 Å². The second-order valence-corrected chi connectivity index (χ2v) is 9.92. The first-order valence-electron chi connectivity index (χ1n) is 9.25. The number of carbonyl (C=O) groups excluding carboxylic acids is 2. The van der Waals surface area contributed by atoms with Crippen molar-refractivity contribution in [2.75, 3.05) is 13.4 Å². The molecule has 0 aliphatic carbocycles. The number of hydrogen-bond acceptors (Lipinski definition) is 6. The van der Waals surface area contributed by atoms with E-state index in [1.165, 1.54) is 19.2 Å². The highest BCUT2D eigenvalue weighted by atomic mass is 32.2. The molecule has 7 nitrogen and oxygen atoms in total. The third-order valence-corrected chi connectivity index (χ3v) is 6.97. The molecule has 4 aromatic rings. The van der Waals surface area contributed by atoms with Crippen LogP contribution in [0.15, 0.2) is 70.6 Å². The van der Waals surface area contributed by atoms with Gasteiger partial charge in [-0.2, -0.15) is 4.99 Å². The monoisotopic (exact) mass is 454 g/mol. The molecule has 0 fully saturated rings. The van der Waals surface area contributed by atoms with E-state index in [4.69, 9.17) is 4.74 Å². The maximum Gasteiger partial charge on any atom is 0.325 e. The maximum absolute atomic E-state index is 13.1. The number of esters is 1. The quantitative estimate of drug-likeness (QED) is 0.442. The number of methoxy groups -OCH3 is 1. The summed E-state index contributed by atoms with van der Waals surface area (Å²) in [4.78, 5) is 29.7. The lowest BCUT2D eigenvalue weighted by atomic mass is 10.0. The Hall–Kier alpha value is -3.30. The summed E-state index contributed by atoms with van der Waals surface area (Å²) >= 11 is 1.14. The van der Waals surface area contributed by atoms with Gasteiger partial charge < -0.3 is 9.30 Å². The van der Waals surface area contributed by atoms with Gasteiger partial charge in [0.2, 0.25) is 0 Å². The minimum Gasteiger partial charge on any atom is -0.468 e. The summed E-state index contributed by atoms with van der Waals surface area (Å²) in [6.45, 7) is -0.156. The van der Waals surface area contributed by atoms with Crippen molar-refractivity contribution in [2.45, 2.75) is 11.4 Å². The minimum atomic E-state index is -3.41. The molecule has 0 atom stereocenters. The molecular formula is C22H18N2O5S2. The number of hydrogen-bond donors (Lipinski definition) is 0. The average Bonchev–Trinajstić information content (AvgIpc) is 3.08. The number of thiazole rings is 1. The molecule has 3 aromatic carbocycles. The third-order valence-electron chi connectivity index (χ3n) is 4.81. The Bertz CT molecular complexity index is 1510. The van der Waals surface area contributed by atoms with E-state index in [-0.39, 0.29) is 16.2 Å². The van der Waals surface area contributed by atoms with E-state index < -0.39 is 21.7 Å². The number of ether oxygens (including phenoxy) is 1. The highest BCUT2D eigenvalue weighted by Crippen LogP contribution is 2.23. The predicted octanol–water partition coefficient (Wildman–Crippen LogP) is 3.17. The Balaban J connectivity index is 1.92. The van der Waals surface area contributed by atoms with Crippen molar-refractivity contribution in [1.29, 1.82) is 0 Å².